The van der Waals surface area contributed by atoms with Crippen LogP contribution >= 0.6 is 23.8 Å². The van der Waals surface area contributed by atoms with Gasteiger partial charge in [-0.2, -0.15) is 0 Å². The van der Waals surface area contributed by atoms with Crippen LogP contribution in [0, 0.1) is 0 Å². The Kier molecular flexibility index (Phi) is 6.15. The Morgan fingerprint density at radius 2 is 1.94 bits per heavy atom. The number of carboxylic acid groups (broad SMARTS) is 1. The summed E-state index contributed by atoms with van der Waals surface area (Å²) in [5.41, 5.74) is 3.47. The molecule has 7 nitrogen and oxygen atoms in total. The van der Waals surface area contributed by atoms with Crippen molar-refractivity contribution in [1.29, 1.82) is 0 Å². The molecule has 1 fully saturated rings. The fourth-order valence-electron chi connectivity index (χ4n) is 4.40. The zero-order valence-electron chi connectivity index (χ0n) is 18.6. The van der Waals surface area contributed by atoms with Gasteiger partial charge >= 0.3 is 5.97 Å². The molecule has 2 aromatic carbocycles. The number of nitrogens with one attached hydrogen (secondary N) is 1. The molecular formula is C26H21ClN4O3S. The van der Waals surface area contributed by atoms with Crippen molar-refractivity contribution in [2.45, 2.75) is 12.1 Å². The van der Waals surface area contributed by atoms with E-state index in [-0.39, 0.29) is 17.6 Å². The van der Waals surface area contributed by atoms with Gasteiger partial charge in [-0.15, -0.1) is 0 Å². The fourth-order valence-corrected chi connectivity index (χ4v) is 5.00. The molecule has 4 aromatic rings. The van der Waals surface area contributed by atoms with Gasteiger partial charge in [-0.05, 0) is 72.9 Å². The lowest BCUT2D eigenvalue weighted by Crippen LogP contribution is -2.30. The van der Waals surface area contributed by atoms with Crippen LogP contribution in [0.1, 0.15) is 33.8 Å². The largest absolute Gasteiger partial charge is 0.495 e. The summed E-state index contributed by atoms with van der Waals surface area (Å²) >= 11 is 12.3. The van der Waals surface area contributed by atoms with Crippen molar-refractivity contribution in [3.8, 4) is 11.4 Å². The maximum absolute atomic E-state index is 11.6. The van der Waals surface area contributed by atoms with Crippen LogP contribution in [0.5, 0.6) is 5.75 Å². The molecule has 1 saturated heterocycles. The second-order valence-corrected chi connectivity index (χ2v) is 8.77. The molecule has 3 heterocycles. The Labute approximate surface area is 212 Å². The lowest BCUT2D eigenvalue weighted by molar-refractivity contribution is 0.0697. The van der Waals surface area contributed by atoms with Gasteiger partial charge in [-0.25, -0.2) is 4.79 Å². The molecule has 1 aliphatic rings. The number of hydrogen-bond acceptors (Lipinski definition) is 4. The van der Waals surface area contributed by atoms with Gasteiger partial charge in [0.05, 0.1) is 29.4 Å². The summed E-state index contributed by atoms with van der Waals surface area (Å²) in [6, 6.07) is 21.5. The molecule has 5 rings (SSSR count). The first-order chi connectivity index (χ1) is 17.0. The molecule has 0 bridgehead atoms. The third-order valence-electron chi connectivity index (χ3n) is 5.97. The number of methoxy groups -OCH3 is 1. The smallest absolute Gasteiger partial charge is 0.335 e. The number of rotatable bonds is 6. The van der Waals surface area contributed by atoms with E-state index in [2.05, 4.69) is 10.3 Å². The molecule has 0 radical (unpaired) electrons. The van der Waals surface area contributed by atoms with Crippen LogP contribution in [0.2, 0.25) is 5.02 Å². The minimum Gasteiger partial charge on any atom is -0.495 e. The predicted octanol–water partition coefficient (Wildman–Crippen LogP) is 5.41. The highest BCUT2D eigenvalue weighted by Gasteiger charge is 2.42. The Morgan fingerprint density at radius 1 is 1.09 bits per heavy atom. The van der Waals surface area contributed by atoms with E-state index in [1.807, 2.05) is 64.2 Å². The molecule has 0 saturated carbocycles. The summed E-state index contributed by atoms with van der Waals surface area (Å²) in [6.07, 6.45) is 3.66. The number of carbonyl (C=O) groups is 1. The van der Waals surface area contributed by atoms with Crippen LogP contribution in [-0.2, 0) is 0 Å². The lowest BCUT2D eigenvalue weighted by Gasteiger charge is -2.29. The first-order valence-electron chi connectivity index (χ1n) is 10.8. The summed E-state index contributed by atoms with van der Waals surface area (Å²) in [6.45, 7) is 0. The van der Waals surface area contributed by atoms with Crippen LogP contribution in [0.25, 0.3) is 5.69 Å². The highest BCUT2D eigenvalue weighted by atomic mass is 35.5. The molecule has 2 atom stereocenters. The number of nitrogens with zero attached hydrogens (tertiary/aromatic N) is 3. The Balaban J connectivity index is 1.67. The quantitative estimate of drug-likeness (QED) is 0.340. The van der Waals surface area contributed by atoms with Crippen LogP contribution in [0.15, 0.2) is 85.2 Å². The summed E-state index contributed by atoms with van der Waals surface area (Å²) < 4.78 is 7.30. The average Bonchev–Trinajstić information content (AvgIpc) is 3.49. The SMILES string of the molecule is COc1ccc(N2C(=S)N[C@H](c3ccccn3)[C@@H]2c2cccn2-c2cccc(C(=O)O)c2)cc1Cl. The molecule has 1 aliphatic heterocycles. The van der Waals surface area contributed by atoms with E-state index >= 15 is 0 Å². The van der Waals surface area contributed by atoms with Crippen LogP contribution in [0.3, 0.4) is 0 Å². The first kappa shape index (κ1) is 22.9. The van der Waals surface area contributed by atoms with Crippen molar-refractivity contribution in [1.82, 2.24) is 14.9 Å². The number of anilines is 1. The number of aromatic carboxylic acids is 1. The third kappa shape index (κ3) is 4.22. The normalized spacial score (nSPS) is 17.3. The molecule has 2 N–H and O–H groups in total. The molecule has 0 aliphatic carbocycles. The summed E-state index contributed by atoms with van der Waals surface area (Å²) in [7, 11) is 1.57. The lowest BCUT2D eigenvalue weighted by atomic mass is 10.0. The molecule has 0 unspecified atom stereocenters. The second-order valence-electron chi connectivity index (χ2n) is 7.97. The van der Waals surface area contributed by atoms with Gasteiger partial charge in [0.25, 0.3) is 0 Å². The fraction of sp³-hybridized carbons (Fsp3) is 0.115. The van der Waals surface area contributed by atoms with E-state index in [9.17, 15) is 9.90 Å². The van der Waals surface area contributed by atoms with Crippen molar-refractivity contribution in [3.05, 3.63) is 107 Å². The van der Waals surface area contributed by atoms with Crippen molar-refractivity contribution in [2.75, 3.05) is 12.0 Å². The maximum Gasteiger partial charge on any atom is 0.335 e. The van der Waals surface area contributed by atoms with Gasteiger partial charge in [0.1, 0.15) is 11.8 Å². The van der Waals surface area contributed by atoms with E-state index in [0.717, 1.165) is 22.8 Å². The van der Waals surface area contributed by atoms with Crippen molar-refractivity contribution >= 4 is 40.6 Å². The van der Waals surface area contributed by atoms with Gasteiger partial charge in [0, 0.05) is 29.5 Å². The van der Waals surface area contributed by atoms with Crippen molar-refractivity contribution in [3.63, 3.8) is 0 Å². The maximum atomic E-state index is 11.6. The zero-order valence-corrected chi connectivity index (χ0v) is 20.2. The molecular weight excluding hydrogens is 484 g/mol. The monoisotopic (exact) mass is 504 g/mol. The first-order valence-corrected chi connectivity index (χ1v) is 11.6. The number of benzene rings is 2. The number of ether oxygens (including phenoxy) is 1. The van der Waals surface area contributed by atoms with Crippen molar-refractivity contribution < 1.29 is 14.6 Å². The number of thiocarbonyl (C=S) groups is 1. The number of carboxylic acids is 1. The van der Waals surface area contributed by atoms with Gasteiger partial charge in [0.2, 0.25) is 0 Å². The second kappa shape index (κ2) is 9.40. The summed E-state index contributed by atoms with van der Waals surface area (Å²) in [4.78, 5) is 18.2. The van der Waals surface area contributed by atoms with Gasteiger partial charge in [-0.3, -0.25) is 4.98 Å². The number of halogens is 1. The summed E-state index contributed by atoms with van der Waals surface area (Å²) in [5, 5.41) is 13.9. The number of pyridine rings is 1. The number of aromatic nitrogens is 2. The topological polar surface area (TPSA) is 79.6 Å². The van der Waals surface area contributed by atoms with E-state index in [4.69, 9.17) is 28.6 Å². The van der Waals surface area contributed by atoms with Gasteiger partial charge in [-0.1, -0.05) is 23.7 Å². The van der Waals surface area contributed by atoms with Gasteiger partial charge < -0.3 is 24.6 Å². The molecule has 0 spiro atoms. The van der Waals surface area contributed by atoms with Crippen LogP contribution in [0.4, 0.5) is 5.69 Å². The number of hydrogen-bond donors (Lipinski definition) is 2. The van der Waals surface area contributed by atoms with Gasteiger partial charge in [0.15, 0.2) is 5.11 Å². The van der Waals surface area contributed by atoms with E-state index in [0.29, 0.717) is 15.9 Å². The van der Waals surface area contributed by atoms with Crippen molar-refractivity contribution in [2.24, 2.45) is 0 Å². The minimum absolute atomic E-state index is 0.210. The average molecular weight is 505 g/mol. The predicted molar refractivity (Wildman–Crippen MR) is 139 cm³/mol. The van der Waals surface area contributed by atoms with E-state index < -0.39 is 5.97 Å². The van der Waals surface area contributed by atoms with E-state index in [1.165, 1.54) is 0 Å². The highest BCUT2D eigenvalue weighted by Crippen LogP contribution is 2.43. The highest BCUT2D eigenvalue weighted by molar-refractivity contribution is 7.80. The third-order valence-corrected chi connectivity index (χ3v) is 6.58. The molecule has 176 valence electrons. The van der Waals surface area contributed by atoms with E-state index in [1.54, 1.807) is 37.6 Å². The molecule has 0 amide bonds. The van der Waals surface area contributed by atoms with Crippen LogP contribution in [-0.4, -0.2) is 32.8 Å². The van der Waals surface area contributed by atoms with Crippen LogP contribution < -0.4 is 15.0 Å². The minimum atomic E-state index is -0.981. The summed E-state index contributed by atoms with van der Waals surface area (Å²) in [5.74, 6) is -0.412. The Morgan fingerprint density at radius 3 is 2.66 bits per heavy atom. The zero-order chi connectivity index (χ0) is 24.5. The molecule has 35 heavy (non-hydrogen) atoms. The Hall–Kier alpha value is -3.88. The molecule has 9 heteroatoms. The Bertz CT molecular complexity index is 1410. The standard InChI is InChI=1S/C26H21ClN4O3S/c1-34-22-11-10-18(15-19(22)27)31-24(23(29-26(31)35)20-8-2-3-12-28-20)21-9-5-13-30(21)17-7-4-6-16(14-17)25(32)33/h2-15,23-24H,1H3,(H,29,35)(H,32,33)/t23-,24+/m1/s1. The molecule has 2 aromatic heterocycles.